The van der Waals surface area contributed by atoms with Gasteiger partial charge in [-0.3, -0.25) is 14.5 Å². The lowest BCUT2D eigenvalue weighted by molar-refractivity contribution is -0.142. The molecule has 3 aromatic rings. The number of piperidine rings is 1. The molecule has 0 bridgehead atoms. The Balaban J connectivity index is 1.64. The summed E-state index contributed by atoms with van der Waals surface area (Å²) >= 11 is 1.50. The molecule has 0 aliphatic carbocycles. The van der Waals surface area contributed by atoms with Crippen molar-refractivity contribution in [2.45, 2.75) is 47.1 Å². The fourth-order valence-corrected chi connectivity index (χ4v) is 5.33. The standard InChI is InChI=1S/C27H33N3O3S/c1-5-33-21-13-14-22-23(16-21)34-26(28-22)30(17-19-10-7-6-8-11-19)24(31)20-12-9-15-29(18-20)25(32)27(2,3)4/h6-8,10-11,13-14,16,20H,5,9,12,15,17-18H2,1-4H3. The minimum Gasteiger partial charge on any atom is -0.494 e. The molecule has 180 valence electrons. The summed E-state index contributed by atoms with van der Waals surface area (Å²) in [5.74, 6) is 0.687. The molecule has 34 heavy (non-hydrogen) atoms. The number of thiazole rings is 1. The van der Waals surface area contributed by atoms with Crippen molar-refractivity contribution in [2.24, 2.45) is 11.3 Å². The number of nitrogens with zero attached hydrogens (tertiary/aromatic N) is 3. The van der Waals surface area contributed by atoms with Crippen LogP contribution in [0.1, 0.15) is 46.1 Å². The summed E-state index contributed by atoms with van der Waals surface area (Å²) in [4.78, 5) is 35.3. The third-order valence-electron chi connectivity index (χ3n) is 6.04. The predicted molar refractivity (Wildman–Crippen MR) is 137 cm³/mol. The number of carbonyl (C=O) groups excluding carboxylic acids is 2. The highest BCUT2D eigenvalue weighted by molar-refractivity contribution is 7.22. The average molecular weight is 480 g/mol. The van der Waals surface area contributed by atoms with Crippen LogP contribution in [0, 0.1) is 11.3 Å². The first-order valence-electron chi connectivity index (χ1n) is 11.9. The van der Waals surface area contributed by atoms with Crippen molar-refractivity contribution in [2.75, 3.05) is 24.6 Å². The number of aromatic nitrogens is 1. The maximum atomic E-state index is 13.9. The molecule has 2 heterocycles. The number of hydrogen-bond donors (Lipinski definition) is 0. The molecule has 1 atom stereocenters. The molecule has 0 saturated carbocycles. The van der Waals surface area contributed by atoms with Gasteiger partial charge in [-0.05, 0) is 43.5 Å². The van der Waals surface area contributed by atoms with Crippen molar-refractivity contribution in [1.29, 1.82) is 0 Å². The lowest BCUT2D eigenvalue weighted by atomic mass is 9.90. The van der Waals surface area contributed by atoms with E-state index in [-0.39, 0.29) is 17.7 Å². The molecule has 0 N–H and O–H groups in total. The van der Waals surface area contributed by atoms with Crippen molar-refractivity contribution in [1.82, 2.24) is 9.88 Å². The maximum absolute atomic E-state index is 13.9. The third-order valence-corrected chi connectivity index (χ3v) is 7.08. The van der Waals surface area contributed by atoms with E-state index in [1.165, 1.54) is 11.3 Å². The minimum absolute atomic E-state index is 0.0272. The first-order valence-corrected chi connectivity index (χ1v) is 12.8. The van der Waals surface area contributed by atoms with E-state index < -0.39 is 5.41 Å². The van der Waals surface area contributed by atoms with E-state index in [9.17, 15) is 9.59 Å². The van der Waals surface area contributed by atoms with E-state index >= 15 is 0 Å². The molecule has 2 amide bonds. The average Bonchev–Trinajstić information content (AvgIpc) is 3.25. The smallest absolute Gasteiger partial charge is 0.233 e. The molecular formula is C27H33N3O3S. The topological polar surface area (TPSA) is 62.7 Å². The van der Waals surface area contributed by atoms with Crippen molar-refractivity contribution in [3.63, 3.8) is 0 Å². The number of benzene rings is 2. The van der Waals surface area contributed by atoms with E-state index in [0.717, 1.165) is 34.4 Å². The summed E-state index contributed by atoms with van der Waals surface area (Å²) < 4.78 is 6.63. The molecule has 1 aliphatic rings. The molecule has 1 unspecified atom stereocenters. The van der Waals surface area contributed by atoms with Gasteiger partial charge in [0, 0.05) is 18.5 Å². The largest absolute Gasteiger partial charge is 0.494 e. The highest BCUT2D eigenvalue weighted by atomic mass is 32.1. The van der Waals surface area contributed by atoms with Gasteiger partial charge >= 0.3 is 0 Å². The number of rotatable bonds is 6. The second kappa shape index (κ2) is 10.1. The van der Waals surface area contributed by atoms with Crippen molar-refractivity contribution in [3.05, 3.63) is 54.1 Å². The molecule has 1 saturated heterocycles. The van der Waals surface area contributed by atoms with E-state index in [1.54, 1.807) is 4.90 Å². The van der Waals surface area contributed by atoms with Crippen LogP contribution in [0.15, 0.2) is 48.5 Å². The summed E-state index contributed by atoms with van der Waals surface area (Å²) in [6.45, 7) is 9.96. The van der Waals surface area contributed by atoms with Gasteiger partial charge in [0.1, 0.15) is 5.75 Å². The van der Waals surface area contributed by atoms with Gasteiger partial charge in [0.25, 0.3) is 0 Å². The zero-order valence-electron chi connectivity index (χ0n) is 20.4. The van der Waals surface area contributed by atoms with E-state index in [1.807, 2.05) is 81.1 Å². The number of amides is 2. The van der Waals surface area contributed by atoms with Crippen LogP contribution in [0.4, 0.5) is 5.13 Å². The summed E-state index contributed by atoms with van der Waals surface area (Å²) in [5, 5.41) is 0.678. The first-order chi connectivity index (χ1) is 16.3. The Bertz CT molecular complexity index is 1150. The second-order valence-corrected chi connectivity index (χ2v) is 10.8. The van der Waals surface area contributed by atoms with E-state index in [2.05, 4.69) is 0 Å². The quantitative estimate of drug-likeness (QED) is 0.467. The van der Waals surface area contributed by atoms with Gasteiger partial charge in [-0.1, -0.05) is 62.4 Å². The van der Waals surface area contributed by atoms with Gasteiger partial charge in [-0.2, -0.15) is 0 Å². The van der Waals surface area contributed by atoms with Crippen LogP contribution in [0.25, 0.3) is 10.2 Å². The lowest BCUT2D eigenvalue weighted by Gasteiger charge is -2.37. The van der Waals surface area contributed by atoms with Gasteiger partial charge in [0.2, 0.25) is 11.8 Å². The fraction of sp³-hybridized carbons (Fsp3) is 0.444. The molecule has 7 heteroatoms. The monoisotopic (exact) mass is 479 g/mol. The number of anilines is 1. The molecule has 4 rings (SSSR count). The Morgan fingerprint density at radius 2 is 1.94 bits per heavy atom. The third kappa shape index (κ3) is 5.41. The molecule has 1 aromatic heterocycles. The summed E-state index contributed by atoms with van der Waals surface area (Å²) in [6.07, 6.45) is 1.60. The highest BCUT2D eigenvalue weighted by Crippen LogP contribution is 2.34. The first kappa shape index (κ1) is 24.2. The number of fused-ring (bicyclic) bond motifs is 1. The number of carbonyl (C=O) groups is 2. The minimum atomic E-state index is -0.458. The second-order valence-electron chi connectivity index (χ2n) is 9.81. The molecule has 6 nitrogen and oxygen atoms in total. The highest BCUT2D eigenvalue weighted by Gasteiger charge is 2.36. The Kier molecular flexibility index (Phi) is 7.22. The van der Waals surface area contributed by atoms with Gasteiger partial charge in [-0.25, -0.2) is 4.98 Å². The summed E-state index contributed by atoms with van der Waals surface area (Å²) in [6, 6.07) is 15.8. The van der Waals surface area contributed by atoms with Crippen molar-refractivity contribution in [3.8, 4) is 5.75 Å². The van der Waals surface area contributed by atoms with Crippen molar-refractivity contribution < 1.29 is 14.3 Å². The Labute approximate surface area is 205 Å². The van der Waals surface area contributed by atoms with Crippen LogP contribution < -0.4 is 9.64 Å². The number of hydrogen-bond acceptors (Lipinski definition) is 5. The normalized spacial score (nSPS) is 16.5. The van der Waals surface area contributed by atoms with Gasteiger partial charge in [0.15, 0.2) is 5.13 Å². The maximum Gasteiger partial charge on any atom is 0.233 e. The number of ether oxygens (including phenoxy) is 1. The van der Waals surface area contributed by atoms with Crippen LogP contribution in [-0.4, -0.2) is 41.4 Å². The van der Waals surface area contributed by atoms with Crippen LogP contribution in [0.2, 0.25) is 0 Å². The Morgan fingerprint density at radius 1 is 1.18 bits per heavy atom. The van der Waals surface area contributed by atoms with E-state index in [0.29, 0.717) is 31.4 Å². The van der Waals surface area contributed by atoms with Gasteiger partial charge < -0.3 is 9.64 Å². The summed E-state index contributed by atoms with van der Waals surface area (Å²) in [5.41, 5.74) is 1.44. The molecule has 0 radical (unpaired) electrons. The summed E-state index contributed by atoms with van der Waals surface area (Å²) in [7, 11) is 0. The van der Waals surface area contributed by atoms with Crippen LogP contribution >= 0.6 is 11.3 Å². The van der Waals surface area contributed by atoms with Crippen LogP contribution in [-0.2, 0) is 16.1 Å². The number of likely N-dealkylation sites (tertiary alicyclic amines) is 1. The predicted octanol–water partition coefficient (Wildman–Crippen LogP) is 5.51. The Morgan fingerprint density at radius 3 is 2.65 bits per heavy atom. The molecule has 0 spiro atoms. The zero-order chi connectivity index (χ0) is 24.3. The molecular weight excluding hydrogens is 446 g/mol. The molecule has 1 fully saturated rings. The van der Waals surface area contributed by atoms with Crippen LogP contribution in [0.5, 0.6) is 5.75 Å². The van der Waals surface area contributed by atoms with Gasteiger partial charge in [-0.15, -0.1) is 0 Å². The SMILES string of the molecule is CCOc1ccc2nc(N(Cc3ccccc3)C(=O)C3CCCN(C(=O)C(C)(C)C)C3)sc2c1. The Hall–Kier alpha value is -2.93. The van der Waals surface area contributed by atoms with Gasteiger partial charge in [0.05, 0.1) is 29.3 Å². The van der Waals surface area contributed by atoms with Crippen LogP contribution in [0.3, 0.4) is 0 Å². The lowest BCUT2D eigenvalue weighted by Crippen LogP contribution is -2.49. The zero-order valence-corrected chi connectivity index (χ0v) is 21.2. The van der Waals surface area contributed by atoms with E-state index in [4.69, 9.17) is 9.72 Å². The molecule has 2 aromatic carbocycles. The fourth-order valence-electron chi connectivity index (χ4n) is 4.33. The van der Waals surface area contributed by atoms with Crippen molar-refractivity contribution >= 4 is 38.5 Å². The molecule has 1 aliphatic heterocycles.